The fourth-order valence-corrected chi connectivity index (χ4v) is 4.10. The minimum absolute atomic E-state index is 0.0295. The topological polar surface area (TPSA) is 68.5 Å². The second kappa shape index (κ2) is 7.16. The Hall–Kier alpha value is -2.26. The number of ketones is 1. The van der Waals surface area contributed by atoms with Crippen molar-refractivity contribution in [2.45, 2.75) is 5.50 Å². The third-order valence-corrected chi connectivity index (χ3v) is 6.03. The van der Waals surface area contributed by atoms with E-state index in [1.165, 1.54) is 16.3 Å². The van der Waals surface area contributed by atoms with Crippen molar-refractivity contribution in [3.63, 3.8) is 0 Å². The molecule has 0 spiro atoms. The van der Waals surface area contributed by atoms with Crippen LogP contribution in [0.25, 0.3) is 0 Å². The van der Waals surface area contributed by atoms with E-state index in [-0.39, 0.29) is 17.0 Å². The molecule has 26 heavy (non-hydrogen) atoms. The van der Waals surface area contributed by atoms with Crippen molar-refractivity contribution in [1.82, 2.24) is 9.13 Å². The number of anilines is 2. The van der Waals surface area contributed by atoms with Gasteiger partial charge in [-0.05, 0) is 24.3 Å². The Labute approximate surface area is 160 Å². The first-order valence-corrected chi connectivity index (χ1v) is 9.39. The maximum Gasteiger partial charge on any atom is 0.330 e. The zero-order valence-electron chi connectivity index (χ0n) is 15.0. The molecule has 7 nitrogen and oxygen atoms in total. The molecule has 9 heteroatoms. The van der Waals surface area contributed by atoms with Crippen molar-refractivity contribution in [2.24, 2.45) is 14.1 Å². The Morgan fingerprint density at radius 3 is 2.50 bits per heavy atom. The number of carbonyl (C=O) groups is 1. The third kappa shape index (κ3) is 3.12. The van der Waals surface area contributed by atoms with E-state index in [2.05, 4.69) is 5.32 Å². The van der Waals surface area contributed by atoms with Crippen molar-refractivity contribution in [2.75, 3.05) is 30.1 Å². The lowest BCUT2D eigenvalue weighted by Crippen LogP contribution is -2.34. The fourth-order valence-electron chi connectivity index (χ4n) is 2.87. The zero-order chi connectivity index (χ0) is 19.0. The monoisotopic (exact) mass is 392 g/mol. The van der Waals surface area contributed by atoms with E-state index in [4.69, 9.17) is 17.0 Å². The van der Waals surface area contributed by atoms with Gasteiger partial charge in [-0.25, -0.2) is 4.79 Å². The van der Waals surface area contributed by atoms with Gasteiger partial charge in [-0.15, -0.1) is 11.8 Å². The first-order chi connectivity index (χ1) is 12.3. The quantitative estimate of drug-likeness (QED) is 0.618. The molecule has 0 saturated heterocycles. The number of Topliss-reactive ketones (excluding diaryl/α,β-unsaturated/α-hetero) is 1. The Kier molecular flexibility index (Phi) is 5.10. The lowest BCUT2D eigenvalue weighted by atomic mass is 10.1. The number of hydrogen-bond donors (Lipinski definition) is 1. The van der Waals surface area contributed by atoms with E-state index >= 15 is 0 Å². The number of carbonyl (C=O) groups excluding carboxylic acids is 1. The van der Waals surface area contributed by atoms with Crippen LogP contribution in [0.15, 0.2) is 29.1 Å². The number of benzene rings is 1. The van der Waals surface area contributed by atoms with Gasteiger partial charge in [0.15, 0.2) is 5.78 Å². The van der Waals surface area contributed by atoms with Crippen LogP contribution in [0.1, 0.15) is 10.4 Å². The molecule has 2 heterocycles. The van der Waals surface area contributed by atoms with Gasteiger partial charge in [0.25, 0.3) is 0 Å². The zero-order valence-corrected chi connectivity index (χ0v) is 16.6. The molecule has 1 aromatic carbocycles. The van der Waals surface area contributed by atoms with Crippen LogP contribution in [0.5, 0.6) is 5.75 Å². The van der Waals surface area contributed by atoms with Gasteiger partial charge in [0.1, 0.15) is 27.4 Å². The van der Waals surface area contributed by atoms with Crippen LogP contribution in [0.4, 0.5) is 11.5 Å². The molecule has 1 atom stereocenters. The molecule has 1 aliphatic rings. The standard InChI is InChI=1S/C17H20N4O3S2/c1-19-14-13(15(25)21(3)17(23)20(14)2)18-16(19)26-9-12(22)10-5-7-11(24-4)8-6-10/h5-8,16,18H,9H2,1-4H3. The molecule has 0 fully saturated rings. The molecular formula is C17H20N4O3S2. The minimum atomic E-state index is -0.179. The van der Waals surface area contributed by atoms with Crippen molar-refractivity contribution in [1.29, 1.82) is 0 Å². The van der Waals surface area contributed by atoms with Gasteiger partial charge in [-0.1, -0.05) is 12.2 Å². The summed E-state index contributed by atoms with van der Waals surface area (Å²) in [7, 11) is 6.83. The Morgan fingerprint density at radius 2 is 1.88 bits per heavy atom. The Morgan fingerprint density at radius 1 is 1.23 bits per heavy atom. The van der Waals surface area contributed by atoms with Crippen LogP contribution in [-0.2, 0) is 14.1 Å². The summed E-state index contributed by atoms with van der Waals surface area (Å²) in [6.07, 6.45) is 0. The van der Waals surface area contributed by atoms with E-state index in [9.17, 15) is 9.59 Å². The van der Waals surface area contributed by atoms with Crippen LogP contribution in [0.2, 0.25) is 0 Å². The van der Waals surface area contributed by atoms with Crippen LogP contribution in [-0.4, -0.2) is 40.3 Å². The van der Waals surface area contributed by atoms with E-state index in [1.54, 1.807) is 50.0 Å². The number of methoxy groups -OCH3 is 1. The summed E-state index contributed by atoms with van der Waals surface area (Å²) < 4.78 is 8.56. The SMILES string of the molecule is COc1ccc(C(=O)CSC2Nc3c(n(C)c(=O)n(C)c3=S)N2C)cc1. The van der Waals surface area contributed by atoms with Crippen LogP contribution >= 0.6 is 24.0 Å². The number of nitrogens with one attached hydrogen (secondary N) is 1. The second-order valence-electron chi connectivity index (χ2n) is 5.97. The van der Waals surface area contributed by atoms with Gasteiger partial charge in [0.05, 0.1) is 12.9 Å². The number of rotatable bonds is 5. The van der Waals surface area contributed by atoms with Gasteiger partial charge in [0, 0.05) is 26.7 Å². The first kappa shape index (κ1) is 18.5. The number of hydrogen-bond acceptors (Lipinski definition) is 7. The highest BCUT2D eigenvalue weighted by molar-refractivity contribution is 8.00. The predicted octanol–water partition coefficient (Wildman–Crippen LogP) is 2.22. The van der Waals surface area contributed by atoms with E-state index in [1.807, 2.05) is 11.9 Å². The van der Waals surface area contributed by atoms with Gasteiger partial charge in [-0.2, -0.15) is 0 Å². The molecule has 1 N–H and O–H groups in total. The number of thioether (sulfide) groups is 1. The molecule has 0 saturated carbocycles. The van der Waals surface area contributed by atoms with Crippen LogP contribution in [0, 0.1) is 4.64 Å². The normalized spacial score (nSPS) is 15.5. The number of nitrogens with zero attached hydrogens (tertiary/aromatic N) is 3. The smallest absolute Gasteiger partial charge is 0.330 e. The number of aromatic nitrogens is 2. The van der Waals surface area contributed by atoms with Crippen molar-refractivity contribution >= 4 is 41.3 Å². The third-order valence-electron chi connectivity index (χ3n) is 4.37. The maximum absolute atomic E-state index is 12.4. The van der Waals surface area contributed by atoms with Gasteiger partial charge in [0.2, 0.25) is 0 Å². The largest absolute Gasteiger partial charge is 0.497 e. The summed E-state index contributed by atoms with van der Waals surface area (Å²) in [5, 5.41) is 3.32. The average molecular weight is 393 g/mol. The maximum atomic E-state index is 12.4. The Bertz CT molecular complexity index is 966. The molecule has 0 aliphatic carbocycles. The number of ether oxygens (including phenoxy) is 1. The molecule has 1 aromatic heterocycles. The lowest BCUT2D eigenvalue weighted by molar-refractivity contribution is 0.102. The van der Waals surface area contributed by atoms with Gasteiger partial charge < -0.3 is 15.0 Å². The first-order valence-electron chi connectivity index (χ1n) is 7.93. The van der Waals surface area contributed by atoms with Crippen LogP contribution < -0.4 is 20.6 Å². The fraction of sp³-hybridized carbons (Fsp3) is 0.353. The molecular weight excluding hydrogens is 372 g/mol. The molecule has 1 aliphatic heterocycles. The summed E-state index contributed by atoms with van der Waals surface area (Å²) >= 11 is 6.84. The molecule has 138 valence electrons. The predicted molar refractivity (Wildman–Crippen MR) is 107 cm³/mol. The summed E-state index contributed by atoms with van der Waals surface area (Å²) in [4.78, 5) is 26.6. The average Bonchev–Trinajstić information content (AvgIpc) is 2.99. The van der Waals surface area contributed by atoms with Crippen molar-refractivity contribution < 1.29 is 9.53 Å². The minimum Gasteiger partial charge on any atom is -0.497 e. The highest BCUT2D eigenvalue weighted by Crippen LogP contribution is 2.36. The molecule has 1 unspecified atom stereocenters. The van der Waals surface area contributed by atoms with Crippen LogP contribution in [0.3, 0.4) is 0 Å². The molecule has 0 radical (unpaired) electrons. The molecule has 2 aromatic rings. The highest BCUT2D eigenvalue weighted by atomic mass is 32.2. The number of fused-ring (bicyclic) bond motifs is 1. The van der Waals surface area contributed by atoms with Crippen molar-refractivity contribution in [3.05, 3.63) is 45.0 Å². The van der Waals surface area contributed by atoms with Gasteiger partial charge in [-0.3, -0.25) is 13.9 Å². The summed E-state index contributed by atoms with van der Waals surface area (Å²) in [5.41, 5.74) is 1.02. The summed E-state index contributed by atoms with van der Waals surface area (Å²) in [6, 6.07) is 7.06. The second-order valence-corrected chi connectivity index (χ2v) is 7.43. The highest BCUT2D eigenvalue weighted by Gasteiger charge is 2.31. The van der Waals surface area contributed by atoms with E-state index in [0.717, 1.165) is 11.5 Å². The molecule has 0 bridgehead atoms. The molecule has 3 rings (SSSR count). The van der Waals surface area contributed by atoms with Gasteiger partial charge >= 0.3 is 5.69 Å². The van der Waals surface area contributed by atoms with Crippen molar-refractivity contribution in [3.8, 4) is 5.75 Å². The summed E-state index contributed by atoms with van der Waals surface area (Å²) in [5.74, 6) is 1.78. The van der Waals surface area contributed by atoms with E-state index in [0.29, 0.717) is 21.7 Å². The Balaban J connectivity index is 1.75. The summed E-state index contributed by atoms with van der Waals surface area (Å²) in [6.45, 7) is 0. The molecule has 0 amide bonds. The van der Waals surface area contributed by atoms with E-state index < -0.39 is 0 Å². The lowest BCUT2D eigenvalue weighted by Gasteiger charge is -2.22.